The first kappa shape index (κ1) is 11.3. The summed E-state index contributed by atoms with van der Waals surface area (Å²) in [5, 5.41) is 9.86. The number of carbonyl (C=O) groups is 1. The molecule has 0 radical (unpaired) electrons. The lowest BCUT2D eigenvalue weighted by atomic mass is 10.2. The summed E-state index contributed by atoms with van der Waals surface area (Å²) < 4.78 is 4.83. The van der Waals surface area contributed by atoms with Gasteiger partial charge in [-0.25, -0.2) is 4.79 Å². The fraction of sp³-hybridized carbons (Fsp3) is 0. The summed E-state index contributed by atoms with van der Waals surface area (Å²) in [6, 6.07) is 7.65. The molecule has 2 rings (SSSR count). The smallest absolute Gasteiger partial charge is 0.336 e. The second kappa shape index (κ2) is 5.17. The van der Waals surface area contributed by atoms with Crippen molar-refractivity contribution in [2.75, 3.05) is 0 Å². The van der Waals surface area contributed by atoms with Crippen LogP contribution in [0.15, 0.2) is 39.5 Å². The van der Waals surface area contributed by atoms with E-state index >= 15 is 0 Å². The molecule has 5 heteroatoms. The lowest BCUT2D eigenvalue weighted by molar-refractivity contribution is 0.473. The average molecular weight is 227 g/mol. The number of fused-ring (bicyclic) bond motifs is 1. The maximum absolute atomic E-state index is 10.7. The largest absolute Gasteiger partial charge is 0.508 e. The molecule has 0 aliphatic heterocycles. The van der Waals surface area contributed by atoms with Crippen LogP contribution in [0.3, 0.4) is 0 Å². The molecule has 4 nitrogen and oxygen atoms in total. The lowest BCUT2D eigenvalue weighted by Gasteiger charge is -1.94. The number of phenolic OH excluding ortho intramolecular Hbond substituents is 1. The van der Waals surface area contributed by atoms with E-state index in [0.717, 1.165) is 5.39 Å². The van der Waals surface area contributed by atoms with Gasteiger partial charge in [-0.2, -0.15) is 0 Å². The Bertz CT molecular complexity index is 518. The monoisotopic (exact) mass is 226 g/mol. The summed E-state index contributed by atoms with van der Waals surface area (Å²) in [5.41, 5.74) is -0.00407. The highest BCUT2D eigenvalue weighted by Gasteiger charge is 1.96. The third-order valence-electron chi connectivity index (χ3n) is 1.61. The van der Waals surface area contributed by atoms with Crippen molar-refractivity contribution in [2.24, 2.45) is 0 Å². The highest BCUT2D eigenvalue weighted by molar-refractivity contribution is 6.54. The third-order valence-corrected chi connectivity index (χ3v) is 1.61. The Labute approximate surface area is 89.7 Å². The molecule has 0 amide bonds. The number of benzene rings is 1. The van der Waals surface area contributed by atoms with Crippen LogP contribution in [-0.2, 0) is 4.79 Å². The van der Waals surface area contributed by atoms with Crippen LogP contribution in [0.2, 0.25) is 0 Å². The van der Waals surface area contributed by atoms with Gasteiger partial charge >= 0.3 is 5.63 Å². The van der Waals surface area contributed by atoms with E-state index in [2.05, 4.69) is 11.6 Å². The van der Waals surface area contributed by atoms with E-state index < -0.39 is 5.63 Å². The van der Waals surface area contributed by atoms with E-state index in [1.54, 1.807) is 18.2 Å². The van der Waals surface area contributed by atoms with E-state index in [0.29, 0.717) is 5.58 Å². The Kier molecular flexibility index (Phi) is 3.88. The van der Waals surface area contributed by atoms with E-state index in [9.17, 15) is 4.79 Å². The fourth-order valence-corrected chi connectivity index (χ4v) is 1.05. The molecular weight excluding hydrogens is 220 g/mol. The van der Waals surface area contributed by atoms with Crippen molar-refractivity contribution < 1.29 is 14.3 Å². The molecule has 78 valence electrons. The SMILES string of the molecule is O=CCl.O=c1ccc2ccc(O)cc2o1. The van der Waals surface area contributed by atoms with Crippen LogP contribution in [-0.4, -0.2) is 10.9 Å². The topological polar surface area (TPSA) is 67.5 Å². The van der Waals surface area contributed by atoms with Gasteiger partial charge in [0.25, 0.3) is 0 Å². The van der Waals surface area contributed by atoms with Crippen molar-refractivity contribution >= 4 is 28.3 Å². The minimum atomic E-state index is -0.409. The summed E-state index contributed by atoms with van der Waals surface area (Å²) in [4.78, 5) is 19.3. The number of aromatic hydroxyl groups is 1. The predicted molar refractivity (Wildman–Crippen MR) is 56.8 cm³/mol. The van der Waals surface area contributed by atoms with Crippen molar-refractivity contribution in [2.45, 2.75) is 0 Å². The molecule has 0 fully saturated rings. The van der Waals surface area contributed by atoms with Gasteiger partial charge in [0.1, 0.15) is 11.3 Å². The molecule has 0 saturated carbocycles. The average Bonchev–Trinajstić information content (AvgIpc) is 2.18. The first-order valence-corrected chi connectivity index (χ1v) is 4.38. The van der Waals surface area contributed by atoms with Gasteiger partial charge < -0.3 is 9.52 Å². The van der Waals surface area contributed by atoms with E-state index in [4.69, 9.17) is 14.3 Å². The molecule has 1 N–H and O–H groups in total. The third kappa shape index (κ3) is 3.11. The standard InChI is InChI=1S/C9H6O3.CHClO/c10-7-3-1-6-2-4-9(11)12-8(6)5-7;2-1-3/h1-5,10H;1H. The quantitative estimate of drug-likeness (QED) is 0.423. The molecule has 0 spiro atoms. The number of rotatable bonds is 0. The first-order chi connectivity index (χ1) is 7.17. The zero-order chi connectivity index (χ0) is 11.3. The maximum atomic E-state index is 10.7. The van der Waals surface area contributed by atoms with E-state index in [1.807, 2.05) is 0 Å². The Morgan fingerprint density at radius 3 is 2.53 bits per heavy atom. The molecule has 0 aliphatic carbocycles. The van der Waals surface area contributed by atoms with Crippen molar-refractivity contribution in [3.05, 3.63) is 40.8 Å². The number of carbonyl (C=O) groups excluding carboxylic acids is 1. The molecule has 1 aromatic heterocycles. The molecule has 0 aliphatic rings. The molecule has 0 saturated heterocycles. The Morgan fingerprint density at radius 1 is 1.27 bits per heavy atom. The van der Waals surface area contributed by atoms with Gasteiger partial charge in [0.15, 0.2) is 0 Å². The molecule has 2 aromatic rings. The summed E-state index contributed by atoms with van der Waals surface area (Å²) in [6.45, 7) is 0. The van der Waals surface area contributed by atoms with Crippen molar-refractivity contribution in [1.82, 2.24) is 0 Å². The summed E-state index contributed by atoms with van der Waals surface area (Å²) in [6.07, 6.45) is 0. The summed E-state index contributed by atoms with van der Waals surface area (Å²) >= 11 is 4.32. The van der Waals surface area contributed by atoms with Gasteiger partial charge in [0, 0.05) is 17.5 Å². The van der Waals surface area contributed by atoms with Crippen LogP contribution in [0.25, 0.3) is 11.0 Å². The lowest BCUT2D eigenvalue weighted by Crippen LogP contribution is -1.93. The molecule has 0 unspecified atom stereocenters. The zero-order valence-corrected chi connectivity index (χ0v) is 8.27. The predicted octanol–water partition coefficient (Wildman–Crippen LogP) is 1.91. The molecule has 1 aromatic carbocycles. The zero-order valence-electron chi connectivity index (χ0n) is 7.51. The highest BCUT2D eigenvalue weighted by Crippen LogP contribution is 2.17. The van der Waals surface area contributed by atoms with Crippen LogP contribution < -0.4 is 5.63 Å². The van der Waals surface area contributed by atoms with Crippen LogP contribution in [0.4, 0.5) is 0 Å². The minimum absolute atomic E-state index is 0.0943. The Morgan fingerprint density at radius 2 is 1.87 bits per heavy atom. The van der Waals surface area contributed by atoms with Gasteiger partial charge in [0.2, 0.25) is 5.75 Å². The van der Waals surface area contributed by atoms with Crippen molar-refractivity contribution in [3.8, 4) is 5.75 Å². The van der Waals surface area contributed by atoms with Gasteiger partial charge in [-0.1, -0.05) is 0 Å². The van der Waals surface area contributed by atoms with E-state index in [-0.39, 0.29) is 11.5 Å². The minimum Gasteiger partial charge on any atom is -0.508 e. The number of halogens is 1. The van der Waals surface area contributed by atoms with Crippen LogP contribution >= 0.6 is 11.6 Å². The van der Waals surface area contributed by atoms with Crippen molar-refractivity contribution in [3.63, 3.8) is 0 Å². The number of phenols is 1. The van der Waals surface area contributed by atoms with Crippen LogP contribution in [0.1, 0.15) is 0 Å². The molecule has 0 bridgehead atoms. The molecule has 15 heavy (non-hydrogen) atoms. The van der Waals surface area contributed by atoms with Crippen LogP contribution in [0, 0.1) is 0 Å². The van der Waals surface area contributed by atoms with Gasteiger partial charge in [-0.05, 0) is 29.8 Å². The molecule has 1 heterocycles. The van der Waals surface area contributed by atoms with Gasteiger partial charge in [-0.15, -0.1) is 0 Å². The Balaban J connectivity index is 0.000000337. The normalized spacial score (nSPS) is 9.13. The second-order valence-corrected chi connectivity index (χ2v) is 2.74. The maximum Gasteiger partial charge on any atom is 0.336 e. The van der Waals surface area contributed by atoms with Crippen LogP contribution in [0.5, 0.6) is 5.75 Å². The molecule has 0 atom stereocenters. The van der Waals surface area contributed by atoms with E-state index in [1.165, 1.54) is 12.1 Å². The highest BCUT2D eigenvalue weighted by atomic mass is 35.5. The second-order valence-electron chi connectivity index (χ2n) is 2.57. The van der Waals surface area contributed by atoms with Gasteiger partial charge in [-0.3, -0.25) is 4.79 Å². The van der Waals surface area contributed by atoms with Crippen molar-refractivity contribution in [1.29, 1.82) is 0 Å². The fourth-order valence-electron chi connectivity index (χ4n) is 1.05. The number of hydrogen-bond acceptors (Lipinski definition) is 4. The summed E-state index contributed by atoms with van der Waals surface area (Å²) in [7, 11) is 0. The summed E-state index contributed by atoms with van der Waals surface area (Å²) in [5.74, 6) is 0.317. The molecular formula is C10H7ClO4. The Hall–Kier alpha value is -1.81. The first-order valence-electron chi connectivity index (χ1n) is 3.94. The van der Waals surface area contributed by atoms with Gasteiger partial charge in [0.05, 0.1) is 0 Å². The number of hydrogen-bond donors (Lipinski definition) is 1.